The Kier molecular flexibility index (Phi) is 4.59. The Morgan fingerprint density at radius 1 is 0.677 bits per heavy atom. The molecular weight excluding hydrogens is 374 g/mol. The van der Waals surface area contributed by atoms with E-state index in [0.29, 0.717) is 5.92 Å². The maximum atomic E-state index is 4.88. The van der Waals surface area contributed by atoms with Crippen LogP contribution in [0.4, 0.5) is 0 Å². The number of aromatic nitrogens is 1. The maximum Gasteiger partial charge on any atom is 0.0780 e. The van der Waals surface area contributed by atoms with Gasteiger partial charge in [-0.25, -0.2) is 0 Å². The summed E-state index contributed by atoms with van der Waals surface area (Å²) in [7, 11) is 0. The van der Waals surface area contributed by atoms with Gasteiger partial charge < -0.3 is 0 Å². The standard InChI is InChI=1S/C30H29N/c1-19(2)26-17-21(18-27-23(26)11-8-12-28(27)30(3,4)5)29-25-14-13-20-9-6-7-10-22(20)24(25)15-16-31-29/h6-19H,1-5H3. The molecule has 0 amide bonds. The Labute approximate surface area is 184 Å². The summed E-state index contributed by atoms with van der Waals surface area (Å²) in [6.45, 7) is 11.5. The van der Waals surface area contributed by atoms with E-state index in [1.54, 1.807) is 0 Å². The molecule has 0 atom stereocenters. The van der Waals surface area contributed by atoms with Crippen LogP contribution in [0.25, 0.3) is 43.6 Å². The molecule has 1 aromatic heterocycles. The highest BCUT2D eigenvalue weighted by Crippen LogP contribution is 2.39. The summed E-state index contributed by atoms with van der Waals surface area (Å²) in [4.78, 5) is 4.88. The van der Waals surface area contributed by atoms with Crippen LogP contribution in [0, 0.1) is 0 Å². The molecule has 0 N–H and O–H groups in total. The molecule has 0 aliphatic carbocycles. The molecule has 5 rings (SSSR count). The van der Waals surface area contributed by atoms with E-state index in [1.807, 2.05) is 6.20 Å². The summed E-state index contributed by atoms with van der Waals surface area (Å²) in [5.41, 5.74) is 5.12. The molecule has 4 aromatic carbocycles. The third-order valence-corrected chi connectivity index (χ3v) is 6.40. The van der Waals surface area contributed by atoms with E-state index in [1.165, 1.54) is 49.0 Å². The first kappa shape index (κ1) is 19.8. The number of hydrogen-bond donors (Lipinski definition) is 0. The van der Waals surface area contributed by atoms with Gasteiger partial charge in [0.15, 0.2) is 0 Å². The van der Waals surface area contributed by atoms with Crippen molar-refractivity contribution in [1.82, 2.24) is 4.98 Å². The van der Waals surface area contributed by atoms with Crippen LogP contribution in [0.5, 0.6) is 0 Å². The summed E-state index contributed by atoms with van der Waals surface area (Å²) >= 11 is 0. The highest BCUT2D eigenvalue weighted by Gasteiger charge is 2.20. The Hall–Kier alpha value is -3.19. The molecule has 0 aliphatic rings. The monoisotopic (exact) mass is 403 g/mol. The predicted molar refractivity (Wildman–Crippen MR) is 135 cm³/mol. The van der Waals surface area contributed by atoms with Crippen molar-refractivity contribution >= 4 is 32.3 Å². The average Bonchev–Trinajstić information content (AvgIpc) is 2.76. The minimum atomic E-state index is 0.0781. The lowest BCUT2D eigenvalue weighted by Gasteiger charge is -2.24. The van der Waals surface area contributed by atoms with Gasteiger partial charge in [0, 0.05) is 17.1 Å². The maximum absolute atomic E-state index is 4.88. The zero-order valence-electron chi connectivity index (χ0n) is 19.0. The summed E-state index contributed by atoms with van der Waals surface area (Å²) in [5.74, 6) is 0.438. The van der Waals surface area contributed by atoms with Crippen LogP contribution in [0.2, 0.25) is 0 Å². The molecule has 1 nitrogen and oxygen atoms in total. The normalized spacial score (nSPS) is 12.3. The predicted octanol–water partition coefficient (Wildman–Crippen LogP) is 8.63. The van der Waals surface area contributed by atoms with Gasteiger partial charge in [-0.15, -0.1) is 0 Å². The zero-order valence-corrected chi connectivity index (χ0v) is 19.0. The van der Waals surface area contributed by atoms with Gasteiger partial charge in [0.2, 0.25) is 0 Å². The molecule has 0 radical (unpaired) electrons. The molecule has 154 valence electrons. The summed E-state index contributed by atoms with van der Waals surface area (Å²) in [6, 6.07) is 26.7. The van der Waals surface area contributed by atoms with Crippen molar-refractivity contribution in [3.63, 3.8) is 0 Å². The van der Waals surface area contributed by atoms with Crippen molar-refractivity contribution in [2.24, 2.45) is 0 Å². The van der Waals surface area contributed by atoms with Crippen molar-refractivity contribution < 1.29 is 0 Å². The van der Waals surface area contributed by atoms with Gasteiger partial charge in [-0.2, -0.15) is 0 Å². The van der Waals surface area contributed by atoms with Gasteiger partial charge in [0.05, 0.1) is 5.69 Å². The second-order valence-corrected chi connectivity index (χ2v) is 9.91. The van der Waals surface area contributed by atoms with Gasteiger partial charge >= 0.3 is 0 Å². The van der Waals surface area contributed by atoms with Gasteiger partial charge in [0.25, 0.3) is 0 Å². The van der Waals surface area contributed by atoms with Crippen molar-refractivity contribution in [3.05, 3.63) is 90.1 Å². The van der Waals surface area contributed by atoms with E-state index < -0.39 is 0 Å². The number of nitrogens with zero attached hydrogens (tertiary/aromatic N) is 1. The molecule has 1 heterocycles. The van der Waals surface area contributed by atoms with Gasteiger partial charge in [-0.1, -0.05) is 89.2 Å². The minimum Gasteiger partial charge on any atom is -0.256 e. The molecule has 0 aliphatic heterocycles. The molecule has 0 unspecified atom stereocenters. The highest BCUT2D eigenvalue weighted by molar-refractivity contribution is 6.11. The van der Waals surface area contributed by atoms with E-state index in [-0.39, 0.29) is 5.41 Å². The third-order valence-electron chi connectivity index (χ3n) is 6.40. The van der Waals surface area contributed by atoms with Crippen LogP contribution >= 0.6 is 0 Å². The van der Waals surface area contributed by atoms with E-state index in [4.69, 9.17) is 4.98 Å². The van der Waals surface area contributed by atoms with E-state index in [0.717, 1.165) is 5.69 Å². The lowest BCUT2D eigenvalue weighted by Crippen LogP contribution is -2.12. The fraction of sp³-hybridized carbons (Fsp3) is 0.233. The van der Waals surface area contributed by atoms with Crippen LogP contribution in [-0.4, -0.2) is 4.98 Å². The SMILES string of the molecule is CC(C)c1cc(-c2nccc3c2ccc2ccccc23)cc2c(C(C)(C)C)cccc12. The first-order chi connectivity index (χ1) is 14.8. The number of hydrogen-bond acceptors (Lipinski definition) is 1. The summed E-state index contributed by atoms with van der Waals surface area (Å²) in [6.07, 6.45) is 1.96. The van der Waals surface area contributed by atoms with E-state index >= 15 is 0 Å². The van der Waals surface area contributed by atoms with Crippen molar-refractivity contribution in [3.8, 4) is 11.3 Å². The minimum absolute atomic E-state index is 0.0781. The molecule has 1 heteroatoms. The molecule has 0 saturated heterocycles. The van der Waals surface area contributed by atoms with Crippen LogP contribution in [0.15, 0.2) is 79.0 Å². The third kappa shape index (κ3) is 3.29. The van der Waals surface area contributed by atoms with Crippen LogP contribution in [0.3, 0.4) is 0 Å². The smallest absolute Gasteiger partial charge is 0.0780 e. The van der Waals surface area contributed by atoms with Crippen molar-refractivity contribution in [2.75, 3.05) is 0 Å². The van der Waals surface area contributed by atoms with Gasteiger partial charge in [0.1, 0.15) is 0 Å². The Morgan fingerprint density at radius 2 is 1.45 bits per heavy atom. The lowest BCUT2D eigenvalue weighted by molar-refractivity contribution is 0.596. The molecular formula is C30H29N. The van der Waals surface area contributed by atoms with Crippen LogP contribution in [-0.2, 0) is 5.41 Å². The molecule has 31 heavy (non-hydrogen) atoms. The fourth-order valence-electron chi connectivity index (χ4n) is 4.85. The molecule has 0 saturated carbocycles. The summed E-state index contributed by atoms with van der Waals surface area (Å²) < 4.78 is 0. The Balaban J connectivity index is 1.87. The Morgan fingerprint density at radius 3 is 2.23 bits per heavy atom. The number of rotatable bonds is 2. The number of fused-ring (bicyclic) bond motifs is 4. The molecule has 0 bridgehead atoms. The summed E-state index contributed by atoms with van der Waals surface area (Å²) in [5, 5.41) is 7.72. The zero-order chi connectivity index (χ0) is 21.8. The van der Waals surface area contributed by atoms with Crippen LogP contribution < -0.4 is 0 Å². The van der Waals surface area contributed by atoms with Crippen molar-refractivity contribution in [2.45, 2.75) is 46.0 Å². The first-order valence-electron chi connectivity index (χ1n) is 11.2. The van der Waals surface area contributed by atoms with Gasteiger partial charge in [-0.3, -0.25) is 4.98 Å². The first-order valence-corrected chi connectivity index (χ1v) is 11.2. The number of pyridine rings is 1. The number of benzene rings is 4. The fourth-order valence-corrected chi connectivity index (χ4v) is 4.85. The molecule has 5 aromatic rings. The van der Waals surface area contributed by atoms with E-state index in [9.17, 15) is 0 Å². The van der Waals surface area contributed by atoms with Crippen molar-refractivity contribution in [1.29, 1.82) is 0 Å². The van der Waals surface area contributed by atoms with E-state index in [2.05, 4.69) is 107 Å². The largest absolute Gasteiger partial charge is 0.256 e. The molecule has 0 spiro atoms. The molecule has 0 fully saturated rings. The lowest BCUT2D eigenvalue weighted by atomic mass is 9.81. The average molecular weight is 404 g/mol. The highest BCUT2D eigenvalue weighted by atomic mass is 14.7. The quantitative estimate of drug-likeness (QED) is 0.269. The second kappa shape index (κ2) is 7.20. The van der Waals surface area contributed by atoms with Gasteiger partial charge in [-0.05, 0) is 67.6 Å². The topological polar surface area (TPSA) is 12.9 Å². The second-order valence-electron chi connectivity index (χ2n) is 9.91. The Bertz CT molecular complexity index is 1430. The van der Waals surface area contributed by atoms with Crippen LogP contribution in [0.1, 0.15) is 51.7 Å².